The Morgan fingerprint density at radius 2 is 1.65 bits per heavy atom. The Morgan fingerprint density at radius 1 is 1.15 bits per heavy atom. The van der Waals surface area contributed by atoms with Gasteiger partial charge < -0.3 is 14.0 Å². The van der Waals surface area contributed by atoms with Gasteiger partial charge >= 0.3 is 5.97 Å². The van der Waals surface area contributed by atoms with E-state index in [9.17, 15) is 9.59 Å². The summed E-state index contributed by atoms with van der Waals surface area (Å²) in [4.78, 5) is 22.7. The molecule has 0 saturated carbocycles. The Bertz CT molecular complexity index is 337. The molecular weight excluding hydrogens is 272 g/mol. The average molecular weight is 302 g/mol. The van der Waals surface area contributed by atoms with Crippen molar-refractivity contribution >= 4 is 20.6 Å². The summed E-state index contributed by atoms with van der Waals surface area (Å²) in [5, 5.41) is 0.0437. The molecule has 0 aromatic carbocycles. The van der Waals surface area contributed by atoms with Crippen LogP contribution in [0.4, 0.5) is 0 Å². The van der Waals surface area contributed by atoms with Crippen molar-refractivity contribution in [1.82, 2.24) is 0 Å². The van der Waals surface area contributed by atoms with Crippen LogP contribution >= 0.6 is 0 Å². The van der Waals surface area contributed by atoms with E-state index in [1.165, 1.54) is 0 Å². The molecule has 118 valence electrons. The first-order valence-corrected chi connectivity index (χ1v) is 10.0. The predicted molar refractivity (Wildman–Crippen MR) is 83.2 cm³/mol. The minimum absolute atomic E-state index is 0.0437. The third-order valence-corrected chi connectivity index (χ3v) is 7.98. The van der Waals surface area contributed by atoms with Crippen LogP contribution in [-0.2, 0) is 18.8 Å². The van der Waals surface area contributed by atoms with Gasteiger partial charge in [0, 0.05) is 6.42 Å². The van der Waals surface area contributed by atoms with Gasteiger partial charge in [0.25, 0.3) is 0 Å². The fraction of sp³-hybridized carbons (Fsp3) is 0.867. The molecule has 0 unspecified atom stereocenters. The summed E-state index contributed by atoms with van der Waals surface area (Å²) >= 11 is 0. The van der Waals surface area contributed by atoms with Crippen LogP contribution in [0.1, 0.15) is 54.4 Å². The molecule has 0 heterocycles. The number of rotatable bonds is 6. The molecule has 20 heavy (non-hydrogen) atoms. The first kappa shape index (κ1) is 19.3. The van der Waals surface area contributed by atoms with Crippen molar-refractivity contribution in [2.75, 3.05) is 0 Å². The number of hydrogen-bond donors (Lipinski definition) is 0. The maximum absolute atomic E-state index is 11.9. The van der Waals surface area contributed by atoms with Gasteiger partial charge in [0.15, 0.2) is 8.32 Å². The molecule has 0 aliphatic rings. The highest BCUT2D eigenvalue weighted by Gasteiger charge is 2.39. The number of aldehydes is 1. The van der Waals surface area contributed by atoms with Gasteiger partial charge in [0.2, 0.25) is 0 Å². The summed E-state index contributed by atoms with van der Waals surface area (Å²) in [7, 11) is -2.00. The highest BCUT2D eigenvalue weighted by Crippen LogP contribution is 2.38. The molecule has 0 aromatic rings. The molecule has 0 N–H and O–H groups in total. The zero-order valence-corrected chi connectivity index (χ0v) is 15.2. The largest absolute Gasteiger partial charge is 0.460 e. The van der Waals surface area contributed by atoms with Crippen LogP contribution < -0.4 is 0 Å². The van der Waals surface area contributed by atoms with Crippen LogP contribution in [-0.4, -0.2) is 32.3 Å². The minimum Gasteiger partial charge on any atom is -0.460 e. The van der Waals surface area contributed by atoms with Crippen LogP contribution in [0.5, 0.6) is 0 Å². The first-order chi connectivity index (χ1) is 8.78. The van der Waals surface area contributed by atoms with Crippen molar-refractivity contribution in [3.8, 4) is 0 Å². The lowest BCUT2D eigenvalue weighted by Crippen LogP contribution is -2.44. The van der Waals surface area contributed by atoms with Gasteiger partial charge in [-0.05, 0) is 38.9 Å². The molecule has 1 atom stereocenters. The summed E-state index contributed by atoms with van der Waals surface area (Å²) < 4.78 is 11.4. The van der Waals surface area contributed by atoms with E-state index in [0.29, 0.717) is 0 Å². The fourth-order valence-electron chi connectivity index (χ4n) is 1.44. The smallest absolute Gasteiger partial charge is 0.308 e. The van der Waals surface area contributed by atoms with Crippen molar-refractivity contribution in [2.45, 2.75) is 84.2 Å². The molecule has 0 fully saturated rings. The van der Waals surface area contributed by atoms with E-state index >= 15 is 0 Å². The number of hydrogen-bond acceptors (Lipinski definition) is 4. The van der Waals surface area contributed by atoms with Crippen molar-refractivity contribution in [3.63, 3.8) is 0 Å². The normalized spacial score (nSPS) is 14.8. The van der Waals surface area contributed by atoms with Crippen LogP contribution in [0.15, 0.2) is 0 Å². The number of esters is 1. The molecule has 0 aliphatic heterocycles. The van der Waals surface area contributed by atoms with Gasteiger partial charge in [-0.1, -0.05) is 20.8 Å². The van der Waals surface area contributed by atoms with Gasteiger partial charge in [-0.3, -0.25) is 4.79 Å². The van der Waals surface area contributed by atoms with Crippen molar-refractivity contribution < 1.29 is 18.8 Å². The molecule has 0 amide bonds. The lowest BCUT2D eigenvalue weighted by molar-refractivity contribution is -0.156. The highest BCUT2D eigenvalue weighted by molar-refractivity contribution is 6.74. The minimum atomic E-state index is -2.00. The van der Waals surface area contributed by atoms with Crippen LogP contribution in [0, 0.1) is 0 Å². The number of carbonyl (C=O) groups excluding carboxylic acids is 2. The molecule has 0 aromatic heterocycles. The third-order valence-electron chi connectivity index (χ3n) is 3.44. The molecule has 0 bridgehead atoms. The van der Waals surface area contributed by atoms with E-state index in [4.69, 9.17) is 9.16 Å². The standard InChI is InChI=1S/C15H30O4Si/c1-14(2,3)18-13(17)11-12(9-10-16)19-20(7,8)15(4,5)6/h10,12H,9,11H2,1-8H3/t12-/m1/s1. The van der Waals surface area contributed by atoms with E-state index in [2.05, 4.69) is 33.9 Å². The predicted octanol–water partition coefficient (Wildman–Crippen LogP) is 3.70. The number of ether oxygens (including phenoxy) is 1. The first-order valence-electron chi connectivity index (χ1n) is 7.12. The van der Waals surface area contributed by atoms with E-state index in [1.54, 1.807) is 0 Å². The zero-order chi connectivity index (χ0) is 16.2. The van der Waals surface area contributed by atoms with E-state index < -0.39 is 13.9 Å². The Balaban J connectivity index is 4.75. The molecule has 0 saturated heterocycles. The van der Waals surface area contributed by atoms with Gasteiger partial charge in [-0.2, -0.15) is 0 Å². The van der Waals surface area contributed by atoms with E-state index in [1.807, 2.05) is 20.8 Å². The van der Waals surface area contributed by atoms with Gasteiger partial charge in [-0.25, -0.2) is 0 Å². The zero-order valence-electron chi connectivity index (χ0n) is 14.2. The Morgan fingerprint density at radius 3 is 2.00 bits per heavy atom. The summed E-state index contributed by atoms with van der Waals surface area (Å²) in [6.07, 6.45) is 0.777. The SMILES string of the molecule is CC(C)(C)OC(=O)C[C@@H](CC=O)O[Si](C)(C)C(C)(C)C. The van der Waals surface area contributed by atoms with Crippen LogP contribution in [0.2, 0.25) is 18.1 Å². The van der Waals surface area contributed by atoms with E-state index in [-0.39, 0.29) is 30.0 Å². The van der Waals surface area contributed by atoms with Crippen LogP contribution in [0.3, 0.4) is 0 Å². The van der Waals surface area contributed by atoms with Crippen molar-refractivity contribution in [3.05, 3.63) is 0 Å². The third kappa shape index (κ3) is 7.19. The van der Waals surface area contributed by atoms with Crippen molar-refractivity contribution in [2.24, 2.45) is 0 Å². The maximum atomic E-state index is 11.9. The topological polar surface area (TPSA) is 52.6 Å². The Hall–Kier alpha value is -0.683. The number of carbonyl (C=O) groups is 2. The molecule has 4 nitrogen and oxygen atoms in total. The fourth-order valence-corrected chi connectivity index (χ4v) is 2.81. The Labute approximate surface area is 124 Å². The summed E-state index contributed by atoms with van der Waals surface area (Å²) in [5.41, 5.74) is -0.514. The monoisotopic (exact) mass is 302 g/mol. The average Bonchev–Trinajstić information content (AvgIpc) is 2.11. The second-order valence-corrected chi connectivity index (χ2v) is 12.4. The van der Waals surface area contributed by atoms with Crippen molar-refractivity contribution in [1.29, 1.82) is 0 Å². The quantitative estimate of drug-likeness (QED) is 0.426. The Kier molecular flexibility index (Phi) is 6.62. The maximum Gasteiger partial charge on any atom is 0.308 e. The molecule has 0 spiro atoms. The van der Waals surface area contributed by atoms with E-state index in [0.717, 1.165) is 6.29 Å². The molecule has 0 radical (unpaired) electrons. The lowest BCUT2D eigenvalue weighted by atomic mass is 10.1. The van der Waals surface area contributed by atoms with Gasteiger partial charge in [0.1, 0.15) is 11.9 Å². The molecular formula is C15H30O4Si. The summed E-state index contributed by atoms with van der Waals surface area (Å²) in [5.74, 6) is -0.317. The molecule has 5 heteroatoms. The summed E-state index contributed by atoms with van der Waals surface area (Å²) in [6.45, 7) is 16.1. The highest BCUT2D eigenvalue weighted by atomic mass is 28.4. The van der Waals surface area contributed by atoms with Gasteiger partial charge in [0.05, 0.1) is 12.5 Å². The molecule has 0 aliphatic carbocycles. The molecule has 0 rings (SSSR count). The lowest BCUT2D eigenvalue weighted by Gasteiger charge is -2.39. The van der Waals surface area contributed by atoms with Crippen LogP contribution in [0.25, 0.3) is 0 Å². The van der Waals surface area contributed by atoms with Gasteiger partial charge in [-0.15, -0.1) is 0 Å². The summed E-state index contributed by atoms with van der Waals surface area (Å²) in [6, 6.07) is 0. The second kappa shape index (κ2) is 6.85. The second-order valence-electron chi connectivity index (χ2n) is 7.69.